The van der Waals surface area contributed by atoms with Crippen LogP contribution in [0.2, 0.25) is 0 Å². The largest absolute Gasteiger partial charge is 0.324 e. The summed E-state index contributed by atoms with van der Waals surface area (Å²) < 4.78 is 0. The molecule has 38 heavy (non-hydrogen) atoms. The maximum Gasteiger partial charge on any atom is 0.243 e. The maximum absolute atomic E-state index is 13.4. The smallest absolute Gasteiger partial charge is 0.243 e. The maximum atomic E-state index is 13.4. The number of nitrogens with zero attached hydrogens (tertiary/aromatic N) is 3. The quantitative estimate of drug-likeness (QED) is 0.420. The number of fused-ring (bicyclic) bond motifs is 1. The molecule has 4 N–H and O–H groups in total. The van der Waals surface area contributed by atoms with Crippen LogP contribution in [0, 0.1) is 11.8 Å². The van der Waals surface area contributed by atoms with E-state index in [-0.39, 0.29) is 35.7 Å². The van der Waals surface area contributed by atoms with E-state index < -0.39 is 0 Å². The summed E-state index contributed by atoms with van der Waals surface area (Å²) in [5.41, 5.74) is 10.3. The second-order valence-corrected chi connectivity index (χ2v) is 11.6. The molecule has 1 aliphatic carbocycles. The zero-order chi connectivity index (χ0) is 26.5. The molecule has 5 rings (SSSR count). The van der Waals surface area contributed by atoms with E-state index in [4.69, 9.17) is 0 Å². The second kappa shape index (κ2) is 12.3. The van der Waals surface area contributed by atoms with Crippen molar-refractivity contribution in [3.8, 4) is 0 Å². The molecule has 9 heteroatoms. The molecule has 0 bridgehead atoms. The Labute approximate surface area is 225 Å². The van der Waals surface area contributed by atoms with Crippen molar-refractivity contribution in [3.63, 3.8) is 0 Å². The van der Waals surface area contributed by atoms with Crippen molar-refractivity contribution >= 4 is 23.2 Å². The highest BCUT2D eigenvalue weighted by Crippen LogP contribution is 2.40. The minimum absolute atomic E-state index is 0.0753. The minimum atomic E-state index is -0.369. The van der Waals surface area contributed by atoms with E-state index in [9.17, 15) is 9.59 Å². The van der Waals surface area contributed by atoms with Gasteiger partial charge in [0.15, 0.2) is 0 Å². The Morgan fingerprint density at radius 3 is 2.68 bits per heavy atom. The number of hydrogen-bond donors (Lipinski definition) is 4. The van der Waals surface area contributed by atoms with Gasteiger partial charge in [0.25, 0.3) is 0 Å². The van der Waals surface area contributed by atoms with Crippen LogP contribution in [-0.2, 0) is 16.1 Å². The summed E-state index contributed by atoms with van der Waals surface area (Å²) in [4.78, 5) is 37.1. The first-order chi connectivity index (χ1) is 18.5. The average molecular weight is 520 g/mol. The zero-order valence-corrected chi connectivity index (χ0v) is 22.6. The fourth-order valence-electron chi connectivity index (χ4n) is 6.20. The number of hydrogen-bond acceptors (Lipinski definition) is 7. The first-order valence-electron chi connectivity index (χ1n) is 14.2. The molecule has 2 aromatic heterocycles. The standard InChI is InChI=1S/C29H41N7O2/c1-19(2)12-27(37)32-25-8-9-30-17-26(25)33-29(38)28-23-14-21(6-7-24(23)34-35-28)22-13-20(15-31-16-22)18-36-10-4-3-5-11-36/h8-9,13,15-17,19,21,23-24,28,34-35H,3-7,10-12,14,18H2,1-2H3,(H,33,38)(H,30,32,37). The third-order valence-corrected chi connectivity index (χ3v) is 8.12. The minimum Gasteiger partial charge on any atom is -0.324 e. The lowest BCUT2D eigenvalue weighted by molar-refractivity contribution is -0.119. The van der Waals surface area contributed by atoms with Crippen molar-refractivity contribution in [1.82, 2.24) is 25.7 Å². The van der Waals surface area contributed by atoms with Crippen LogP contribution in [0.4, 0.5) is 11.4 Å². The summed E-state index contributed by atoms with van der Waals surface area (Å²) in [6.45, 7) is 7.32. The van der Waals surface area contributed by atoms with Gasteiger partial charge in [-0.25, -0.2) is 5.43 Å². The molecule has 204 valence electrons. The molecule has 2 amide bonds. The molecule has 2 saturated heterocycles. The van der Waals surface area contributed by atoms with Crippen LogP contribution in [0.25, 0.3) is 0 Å². The average Bonchev–Trinajstić information content (AvgIpc) is 3.34. The Morgan fingerprint density at radius 2 is 1.87 bits per heavy atom. The Hall–Kier alpha value is -2.88. The summed E-state index contributed by atoms with van der Waals surface area (Å²) in [6.07, 6.45) is 14.6. The Kier molecular flexibility index (Phi) is 8.66. The molecule has 4 unspecified atom stereocenters. The van der Waals surface area contributed by atoms with Crippen LogP contribution in [0.3, 0.4) is 0 Å². The van der Waals surface area contributed by atoms with Gasteiger partial charge in [0.05, 0.1) is 17.6 Å². The van der Waals surface area contributed by atoms with E-state index in [0.29, 0.717) is 23.7 Å². The van der Waals surface area contributed by atoms with Gasteiger partial charge in [0, 0.05) is 43.5 Å². The number of aromatic nitrogens is 2. The molecule has 9 nitrogen and oxygen atoms in total. The highest BCUT2D eigenvalue weighted by molar-refractivity contribution is 6.01. The number of carbonyl (C=O) groups excluding carboxylic acids is 2. The number of anilines is 2. The number of carbonyl (C=O) groups is 2. The van der Waals surface area contributed by atoms with E-state index in [2.05, 4.69) is 42.4 Å². The van der Waals surface area contributed by atoms with Crippen molar-refractivity contribution < 1.29 is 9.59 Å². The van der Waals surface area contributed by atoms with E-state index in [1.807, 2.05) is 26.2 Å². The number of rotatable bonds is 8. The van der Waals surface area contributed by atoms with Gasteiger partial charge in [-0.3, -0.25) is 29.9 Å². The molecule has 1 saturated carbocycles. The molecule has 3 fully saturated rings. The van der Waals surface area contributed by atoms with Gasteiger partial charge < -0.3 is 10.6 Å². The Balaban J connectivity index is 1.23. The second-order valence-electron chi connectivity index (χ2n) is 11.6. The van der Waals surface area contributed by atoms with Crippen LogP contribution < -0.4 is 21.5 Å². The molecule has 3 aliphatic rings. The molecular weight excluding hydrogens is 478 g/mol. The van der Waals surface area contributed by atoms with Crippen molar-refractivity contribution in [3.05, 3.63) is 48.0 Å². The van der Waals surface area contributed by atoms with Crippen molar-refractivity contribution in [2.45, 2.75) is 83.3 Å². The lowest BCUT2D eigenvalue weighted by Gasteiger charge is -2.33. The van der Waals surface area contributed by atoms with Crippen LogP contribution in [0.15, 0.2) is 36.9 Å². The fourth-order valence-corrected chi connectivity index (χ4v) is 6.20. The summed E-state index contributed by atoms with van der Waals surface area (Å²) in [5, 5.41) is 5.93. The van der Waals surface area contributed by atoms with Crippen molar-refractivity contribution in [2.75, 3.05) is 23.7 Å². The predicted molar refractivity (Wildman–Crippen MR) is 148 cm³/mol. The summed E-state index contributed by atoms with van der Waals surface area (Å²) in [6, 6.07) is 3.94. The highest BCUT2D eigenvalue weighted by atomic mass is 16.2. The van der Waals surface area contributed by atoms with Gasteiger partial charge >= 0.3 is 0 Å². The van der Waals surface area contributed by atoms with E-state index in [0.717, 1.165) is 25.8 Å². The Morgan fingerprint density at radius 1 is 1.03 bits per heavy atom. The van der Waals surface area contributed by atoms with E-state index in [1.165, 1.54) is 43.5 Å². The number of amides is 2. The van der Waals surface area contributed by atoms with Crippen LogP contribution in [0.1, 0.15) is 75.8 Å². The molecule has 0 radical (unpaired) electrons. The fraction of sp³-hybridized carbons (Fsp3) is 0.586. The van der Waals surface area contributed by atoms with Gasteiger partial charge in [-0.05, 0) is 74.2 Å². The SMILES string of the molecule is CC(C)CC(=O)Nc1ccncc1NC(=O)C1NNC2CCC(c3cncc(CN4CCCCC4)c3)CC21. The van der Waals surface area contributed by atoms with Gasteiger partial charge in [-0.2, -0.15) is 0 Å². The van der Waals surface area contributed by atoms with E-state index in [1.54, 1.807) is 18.5 Å². The number of piperidine rings is 1. The third-order valence-electron chi connectivity index (χ3n) is 8.12. The lowest BCUT2D eigenvalue weighted by Crippen LogP contribution is -2.42. The first-order valence-corrected chi connectivity index (χ1v) is 14.2. The van der Waals surface area contributed by atoms with Crippen LogP contribution in [-0.4, -0.2) is 51.9 Å². The first kappa shape index (κ1) is 26.7. The molecule has 4 atom stereocenters. The lowest BCUT2D eigenvalue weighted by atomic mass is 9.73. The number of likely N-dealkylation sites (tertiary alicyclic amines) is 1. The number of pyridine rings is 2. The third kappa shape index (κ3) is 6.57. The molecular formula is C29H41N7O2. The molecule has 0 spiro atoms. The van der Waals surface area contributed by atoms with Gasteiger partial charge in [-0.1, -0.05) is 26.3 Å². The van der Waals surface area contributed by atoms with E-state index >= 15 is 0 Å². The summed E-state index contributed by atoms with van der Waals surface area (Å²) >= 11 is 0. The number of hydrazine groups is 1. The molecule has 0 aromatic carbocycles. The predicted octanol–water partition coefficient (Wildman–Crippen LogP) is 3.81. The summed E-state index contributed by atoms with van der Waals surface area (Å²) in [5.74, 6) is 0.602. The summed E-state index contributed by atoms with van der Waals surface area (Å²) in [7, 11) is 0. The van der Waals surface area contributed by atoms with Crippen LogP contribution in [0.5, 0.6) is 0 Å². The van der Waals surface area contributed by atoms with Gasteiger partial charge in [0.2, 0.25) is 11.8 Å². The zero-order valence-electron chi connectivity index (χ0n) is 22.6. The van der Waals surface area contributed by atoms with Gasteiger partial charge in [-0.15, -0.1) is 0 Å². The molecule has 2 aliphatic heterocycles. The molecule has 4 heterocycles. The van der Waals surface area contributed by atoms with Crippen molar-refractivity contribution in [1.29, 1.82) is 0 Å². The highest BCUT2D eigenvalue weighted by Gasteiger charge is 2.44. The normalized spacial score (nSPS) is 25.7. The topological polar surface area (TPSA) is 111 Å². The monoisotopic (exact) mass is 519 g/mol. The number of nitrogens with one attached hydrogen (secondary N) is 4. The Bertz CT molecular complexity index is 1120. The van der Waals surface area contributed by atoms with Gasteiger partial charge in [0.1, 0.15) is 6.04 Å². The van der Waals surface area contributed by atoms with Crippen LogP contribution >= 0.6 is 0 Å². The molecule has 2 aromatic rings. The van der Waals surface area contributed by atoms with Crippen molar-refractivity contribution in [2.24, 2.45) is 11.8 Å².